The molecular formula is C17H23N3OS3. The Balaban J connectivity index is 2.01. The van der Waals surface area contributed by atoms with E-state index in [1.807, 2.05) is 25.1 Å². The minimum Gasteiger partial charge on any atom is -0.325 e. The van der Waals surface area contributed by atoms with Gasteiger partial charge in [0.25, 0.3) is 0 Å². The maximum atomic E-state index is 12.5. The molecule has 1 N–H and O–H groups in total. The topological polar surface area (TPSA) is 54.9 Å². The van der Waals surface area contributed by atoms with Crippen molar-refractivity contribution in [2.45, 2.75) is 54.0 Å². The molecule has 0 fully saturated rings. The van der Waals surface area contributed by atoms with Crippen molar-refractivity contribution in [3.05, 3.63) is 29.8 Å². The van der Waals surface area contributed by atoms with Gasteiger partial charge in [-0.25, -0.2) is 0 Å². The standard InChI is InChI=1S/C17H23N3OS3/c1-5-11(3)13-9-7-8-10-14(13)18-15(21)12(4)23-17-20-19-16(24-17)22-6-2/h7-12H,5-6H2,1-4H3,(H,18,21)/t11-,12-/m0/s1. The summed E-state index contributed by atoms with van der Waals surface area (Å²) >= 11 is 4.67. The van der Waals surface area contributed by atoms with Crippen LogP contribution in [-0.2, 0) is 4.79 Å². The van der Waals surface area contributed by atoms with Crippen LogP contribution >= 0.6 is 34.9 Å². The average molecular weight is 382 g/mol. The molecule has 24 heavy (non-hydrogen) atoms. The first kappa shape index (κ1) is 19.3. The van der Waals surface area contributed by atoms with E-state index in [0.29, 0.717) is 5.92 Å². The Hall–Kier alpha value is -1.05. The molecule has 1 aromatic carbocycles. The highest BCUT2D eigenvalue weighted by atomic mass is 32.2. The summed E-state index contributed by atoms with van der Waals surface area (Å²) in [6.45, 7) is 8.32. The third-order valence-corrected chi connectivity index (χ3v) is 6.79. The van der Waals surface area contributed by atoms with Crippen LogP contribution in [0.15, 0.2) is 32.9 Å². The van der Waals surface area contributed by atoms with Gasteiger partial charge in [0.05, 0.1) is 5.25 Å². The van der Waals surface area contributed by atoms with E-state index in [4.69, 9.17) is 0 Å². The number of aromatic nitrogens is 2. The van der Waals surface area contributed by atoms with Crippen molar-refractivity contribution in [3.63, 3.8) is 0 Å². The summed E-state index contributed by atoms with van der Waals surface area (Å²) in [6, 6.07) is 8.03. The highest BCUT2D eigenvalue weighted by Gasteiger charge is 2.19. The quantitative estimate of drug-likeness (QED) is 0.630. The van der Waals surface area contributed by atoms with Crippen molar-refractivity contribution in [3.8, 4) is 0 Å². The van der Waals surface area contributed by atoms with E-state index in [9.17, 15) is 4.79 Å². The van der Waals surface area contributed by atoms with Crippen molar-refractivity contribution >= 4 is 46.5 Å². The van der Waals surface area contributed by atoms with Crippen molar-refractivity contribution in [2.24, 2.45) is 0 Å². The molecule has 7 heteroatoms. The van der Waals surface area contributed by atoms with E-state index >= 15 is 0 Å². The van der Waals surface area contributed by atoms with E-state index in [0.717, 1.165) is 26.5 Å². The zero-order valence-electron chi connectivity index (χ0n) is 14.4. The maximum absolute atomic E-state index is 12.5. The first-order chi connectivity index (χ1) is 11.5. The number of hydrogen-bond acceptors (Lipinski definition) is 6. The molecule has 1 aromatic heterocycles. The Labute approximate surface area is 156 Å². The highest BCUT2D eigenvalue weighted by Crippen LogP contribution is 2.32. The van der Waals surface area contributed by atoms with Crippen molar-refractivity contribution < 1.29 is 4.79 Å². The second kappa shape index (κ2) is 9.44. The molecule has 0 saturated heterocycles. The fourth-order valence-electron chi connectivity index (χ4n) is 2.13. The zero-order valence-corrected chi connectivity index (χ0v) is 16.9. The molecule has 0 bridgehead atoms. The smallest absolute Gasteiger partial charge is 0.237 e. The fourth-order valence-corrected chi connectivity index (χ4v) is 5.19. The van der Waals surface area contributed by atoms with Crippen molar-refractivity contribution in [2.75, 3.05) is 11.1 Å². The normalized spacial score (nSPS) is 13.5. The summed E-state index contributed by atoms with van der Waals surface area (Å²) in [5.74, 6) is 1.39. The summed E-state index contributed by atoms with van der Waals surface area (Å²) in [7, 11) is 0. The highest BCUT2D eigenvalue weighted by molar-refractivity contribution is 8.03. The molecule has 2 atom stereocenters. The van der Waals surface area contributed by atoms with Gasteiger partial charge in [-0.3, -0.25) is 4.79 Å². The number of nitrogens with one attached hydrogen (secondary N) is 1. The van der Waals surface area contributed by atoms with Crippen LogP contribution in [0.4, 0.5) is 5.69 Å². The fraction of sp³-hybridized carbons (Fsp3) is 0.471. The van der Waals surface area contributed by atoms with Crippen LogP contribution in [0, 0.1) is 0 Å². The molecule has 4 nitrogen and oxygen atoms in total. The minimum atomic E-state index is -0.220. The number of benzene rings is 1. The van der Waals surface area contributed by atoms with Crippen LogP contribution in [0.2, 0.25) is 0 Å². The average Bonchev–Trinajstić information content (AvgIpc) is 3.02. The van der Waals surface area contributed by atoms with E-state index in [1.54, 1.807) is 23.1 Å². The lowest BCUT2D eigenvalue weighted by atomic mass is 9.97. The SMILES string of the molecule is CCSc1nnc(S[C@@H](C)C(=O)Nc2ccccc2[C@@H](C)CC)s1. The van der Waals surface area contributed by atoms with Gasteiger partial charge in [0, 0.05) is 5.69 Å². The van der Waals surface area contributed by atoms with E-state index in [-0.39, 0.29) is 11.2 Å². The van der Waals surface area contributed by atoms with Gasteiger partial charge in [0.1, 0.15) is 0 Å². The Morgan fingerprint density at radius 1 is 1.21 bits per heavy atom. The molecule has 2 rings (SSSR count). The van der Waals surface area contributed by atoms with E-state index in [1.165, 1.54) is 17.3 Å². The predicted molar refractivity (Wildman–Crippen MR) is 105 cm³/mol. The predicted octanol–water partition coefficient (Wildman–Crippen LogP) is 5.28. The number of thioether (sulfide) groups is 2. The van der Waals surface area contributed by atoms with Crippen molar-refractivity contribution in [1.82, 2.24) is 10.2 Å². The Morgan fingerprint density at radius 3 is 2.62 bits per heavy atom. The van der Waals surface area contributed by atoms with Crippen LogP contribution in [0.3, 0.4) is 0 Å². The Kier molecular flexibility index (Phi) is 7.58. The number of amides is 1. The third kappa shape index (κ3) is 5.22. The molecular weight excluding hydrogens is 358 g/mol. The van der Waals surface area contributed by atoms with Gasteiger partial charge in [0.2, 0.25) is 5.91 Å². The zero-order chi connectivity index (χ0) is 17.5. The molecule has 0 spiro atoms. The van der Waals surface area contributed by atoms with Crippen molar-refractivity contribution in [1.29, 1.82) is 0 Å². The molecule has 0 aliphatic carbocycles. The van der Waals surface area contributed by atoms with E-state index < -0.39 is 0 Å². The van der Waals surface area contributed by atoms with Crippen LogP contribution in [0.5, 0.6) is 0 Å². The summed E-state index contributed by atoms with van der Waals surface area (Å²) in [6.07, 6.45) is 1.04. The first-order valence-corrected chi connectivity index (χ1v) is 10.8. The van der Waals surface area contributed by atoms with Crippen LogP contribution < -0.4 is 5.32 Å². The van der Waals surface area contributed by atoms with Gasteiger partial charge in [-0.1, -0.05) is 73.8 Å². The molecule has 2 aromatic rings. The Morgan fingerprint density at radius 2 is 1.92 bits per heavy atom. The molecule has 0 unspecified atom stereocenters. The summed E-state index contributed by atoms with van der Waals surface area (Å²) in [5, 5.41) is 11.1. The molecule has 0 aliphatic rings. The molecule has 130 valence electrons. The molecule has 1 amide bonds. The summed E-state index contributed by atoms with van der Waals surface area (Å²) in [4.78, 5) is 12.5. The number of hydrogen-bond donors (Lipinski definition) is 1. The first-order valence-electron chi connectivity index (χ1n) is 8.07. The van der Waals surface area contributed by atoms with Gasteiger partial charge in [0.15, 0.2) is 8.68 Å². The number of carbonyl (C=O) groups excluding carboxylic acids is 1. The van der Waals surface area contributed by atoms with Gasteiger partial charge in [-0.2, -0.15) is 0 Å². The lowest BCUT2D eigenvalue weighted by molar-refractivity contribution is -0.115. The van der Waals surface area contributed by atoms with Crippen LogP contribution in [0.25, 0.3) is 0 Å². The molecule has 0 saturated carbocycles. The monoisotopic (exact) mass is 381 g/mol. The van der Waals surface area contributed by atoms with Crippen LogP contribution in [-0.4, -0.2) is 27.1 Å². The number of nitrogens with zero attached hydrogens (tertiary/aromatic N) is 2. The molecule has 0 radical (unpaired) electrons. The number of anilines is 1. The lowest BCUT2D eigenvalue weighted by Gasteiger charge is -2.17. The second-order valence-corrected chi connectivity index (χ2v) is 9.49. The van der Waals surface area contributed by atoms with Gasteiger partial charge < -0.3 is 5.32 Å². The number of carbonyl (C=O) groups is 1. The van der Waals surface area contributed by atoms with E-state index in [2.05, 4.69) is 42.4 Å². The van der Waals surface area contributed by atoms with Gasteiger partial charge in [-0.15, -0.1) is 10.2 Å². The second-order valence-electron chi connectivity index (χ2n) is 5.41. The number of rotatable bonds is 8. The Bertz CT molecular complexity index is 675. The lowest BCUT2D eigenvalue weighted by Crippen LogP contribution is -2.23. The minimum absolute atomic E-state index is 0.00403. The van der Waals surface area contributed by atoms with Gasteiger partial charge in [-0.05, 0) is 36.6 Å². The maximum Gasteiger partial charge on any atom is 0.237 e. The largest absolute Gasteiger partial charge is 0.325 e. The van der Waals surface area contributed by atoms with Gasteiger partial charge >= 0.3 is 0 Å². The summed E-state index contributed by atoms with van der Waals surface area (Å²) < 4.78 is 1.79. The molecule has 0 aliphatic heterocycles. The number of para-hydroxylation sites is 1. The van der Waals surface area contributed by atoms with Crippen LogP contribution in [0.1, 0.15) is 45.6 Å². The molecule has 1 heterocycles. The third-order valence-electron chi connectivity index (χ3n) is 3.66. The summed E-state index contributed by atoms with van der Waals surface area (Å²) in [5.41, 5.74) is 2.09.